The van der Waals surface area contributed by atoms with Crippen LogP contribution in [0.5, 0.6) is 5.75 Å². The van der Waals surface area contributed by atoms with Crippen LogP contribution in [-0.2, 0) is 15.6 Å². The second-order valence-corrected chi connectivity index (χ2v) is 8.05. The molecule has 1 saturated carbocycles. The lowest BCUT2D eigenvalue weighted by Gasteiger charge is -2.26. The summed E-state index contributed by atoms with van der Waals surface area (Å²) in [4.78, 5) is 0. The standard InChI is InChI=1S/C15H23NO3S/c1-11-4-3-5-14(8-11)20(17,18)10-12-9-13(16)6-7-15(12)19-2/h6-7,9,11,14H,3-5,8,10,16H2,1-2H3. The predicted octanol–water partition coefficient (Wildman–Crippen LogP) is 2.77. The molecule has 0 aliphatic heterocycles. The molecular weight excluding hydrogens is 274 g/mol. The third-order valence-electron chi connectivity index (χ3n) is 4.06. The van der Waals surface area contributed by atoms with E-state index in [1.165, 1.54) is 0 Å². The fourth-order valence-electron chi connectivity index (χ4n) is 2.95. The number of nitrogen functional groups attached to an aromatic ring is 1. The molecule has 1 aromatic carbocycles. The Balaban J connectivity index is 2.21. The third kappa shape index (κ3) is 3.45. The molecule has 1 aliphatic rings. The van der Waals surface area contributed by atoms with Crippen molar-refractivity contribution in [3.05, 3.63) is 23.8 Å². The normalized spacial score (nSPS) is 23.5. The van der Waals surface area contributed by atoms with E-state index in [1.807, 2.05) is 0 Å². The van der Waals surface area contributed by atoms with E-state index in [0.717, 1.165) is 25.7 Å². The van der Waals surface area contributed by atoms with Gasteiger partial charge in [0.05, 0.1) is 18.1 Å². The molecule has 0 aromatic heterocycles. The van der Waals surface area contributed by atoms with E-state index >= 15 is 0 Å². The van der Waals surface area contributed by atoms with Crippen LogP contribution in [0.25, 0.3) is 0 Å². The molecule has 2 atom stereocenters. The number of nitrogens with two attached hydrogens (primary N) is 1. The van der Waals surface area contributed by atoms with Gasteiger partial charge in [0.25, 0.3) is 0 Å². The van der Waals surface area contributed by atoms with Gasteiger partial charge in [0.15, 0.2) is 9.84 Å². The Bertz CT molecular complexity index is 568. The molecule has 2 N–H and O–H groups in total. The van der Waals surface area contributed by atoms with Crippen LogP contribution in [0.4, 0.5) is 5.69 Å². The van der Waals surface area contributed by atoms with Crippen LogP contribution in [0, 0.1) is 5.92 Å². The number of ether oxygens (including phenoxy) is 1. The molecule has 0 radical (unpaired) electrons. The Morgan fingerprint density at radius 2 is 2.10 bits per heavy atom. The van der Waals surface area contributed by atoms with E-state index in [0.29, 0.717) is 22.9 Å². The number of rotatable bonds is 4. The summed E-state index contributed by atoms with van der Waals surface area (Å²) >= 11 is 0. The molecule has 0 bridgehead atoms. The molecule has 112 valence electrons. The van der Waals surface area contributed by atoms with Crippen molar-refractivity contribution in [1.29, 1.82) is 0 Å². The van der Waals surface area contributed by atoms with Crippen molar-refractivity contribution < 1.29 is 13.2 Å². The van der Waals surface area contributed by atoms with Crippen molar-refractivity contribution in [2.45, 2.75) is 43.6 Å². The highest BCUT2D eigenvalue weighted by Gasteiger charge is 2.30. The average molecular weight is 297 g/mol. The van der Waals surface area contributed by atoms with Crippen molar-refractivity contribution in [2.75, 3.05) is 12.8 Å². The van der Waals surface area contributed by atoms with Gasteiger partial charge in [0.2, 0.25) is 0 Å². The molecule has 1 fully saturated rings. The van der Waals surface area contributed by atoms with Crippen molar-refractivity contribution >= 4 is 15.5 Å². The molecule has 0 saturated heterocycles. The van der Waals surface area contributed by atoms with Gasteiger partial charge in [-0.2, -0.15) is 0 Å². The molecule has 0 amide bonds. The lowest BCUT2D eigenvalue weighted by atomic mass is 9.91. The number of hydrogen-bond donors (Lipinski definition) is 1. The summed E-state index contributed by atoms with van der Waals surface area (Å²) in [7, 11) is -1.61. The summed E-state index contributed by atoms with van der Waals surface area (Å²) in [5.74, 6) is 1.09. The number of methoxy groups -OCH3 is 1. The molecule has 0 heterocycles. The zero-order valence-corrected chi connectivity index (χ0v) is 12.9. The van der Waals surface area contributed by atoms with Gasteiger partial charge in [-0.3, -0.25) is 0 Å². The Hall–Kier alpha value is -1.23. The van der Waals surface area contributed by atoms with E-state index in [-0.39, 0.29) is 11.0 Å². The second kappa shape index (κ2) is 6.04. The van der Waals surface area contributed by atoms with Crippen LogP contribution in [0.3, 0.4) is 0 Å². The topological polar surface area (TPSA) is 69.4 Å². The maximum Gasteiger partial charge on any atom is 0.157 e. The molecule has 1 aliphatic carbocycles. The van der Waals surface area contributed by atoms with Gasteiger partial charge in [-0.25, -0.2) is 8.42 Å². The van der Waals surface area contributed by atoms with Crippen LogP contribution in [0.1, 0.15) is 38.2 Å². The summed E-state index contributed by atoms with van der Waals surface area (Å²) in [6.45, 7) is 2.13. The minimum atomic E-state index is -3.15. The molecule has 5 heteroatoms. The summed E-state index contributed by atoms with van der Waals surface area (Å²) < 4.78 is 30.4. The smallest absolute Gasteiger partial charge is 0.157 e. The summed E-state index contributed by atoms with van der Waals surface area (Å²) in [5, 5.41) is -0.225. The Kier molecular flexibility index (Phi) is 4.58. The van der Waals surface area contributed by atoms with E-state index in [2.05, 4.69) is 6.92 Å². The van der Waals surface area contributed by atoms with Crippen LogP contribution in [-0.4, -0.2) is 20.8 Å². The monoisotopic (exact) mass is 297 g/mol. The molecule has 2 rings (SSSR count). The minimum absolute atomic E-state index is 0.0125. The predicted molar refractivity (Wildman–Crippen MR) is 81.5 cm³/mol. The maximum atomic E-state index is 12.6. The largest absolute Gasteiger partial charge is 0.496 e. The van der Waals surface area contributed by atoms with Crippen LogP contribution in [0.15, 0.2) is 18.2 Å². The highest BCUT2D eigenvalue weighted by atomic mass is 32.2. The highest BCUT2D eigenvalue weighted by Crippen LogP contribution is 2.32. The second-order valence-electron chi connectivity index (χ2n) is 5.77. The first-order chi connectivity index (χ1) is 9.42. The zero-order valence-electron chi connectivity index (χ0n) is 12.1. The third-order valence-corrected chi connectivity index (χ3v) is 6.21. The van der Waals surface area contributed by atoms with Gasteiger partial charge in [0.1, 0.15) is 5.75 Å². The minimum Gasteiger partial charge on any atom is -0.496 e. The van der Waals surface area contributed by atoms with Crippen molar-refractivity contribution in [3.63, 3.8) is 0 Å². The number of sulfone groups is 1. The van der Waals surface area contributed by atoms with Gasteiger partial charge < -0.3 is 10.5 Å². The van der Waals surface area contributed by atoms with E-state index in [1.54, 1.807) is 25.3 Å². The lowest BCUT2D eigenvalue weighted by molar-refractivity contribution is 0.381. The summed E-state index contributed by atoms with van der Waals surface area (Å²) in [6.07, 6.45) is 3.68. The molecule has 2 unspecified atom stereocenters. The quantitative estimate of drug-likeness (QED) is 0.868. The Morgan fingerprint density at radius 1 is 1.35 bits per heavy atom. The average Bonchev–Trinajstić information content (AvgIpc) is 2.38. The van der Waals surface area contributed by atoms with E-state index in [4.69, 9.17) is 10.5 Å². The zero-order chi connectivity index (χ0) is 14.8. The van der Waals surface area contributed by atoms with E-state index in [9.17, 15) is 8.42 Å². The Labute approximate surface area is 121 Å². The summed E-state index contributed by atoms with van der Waals surface area (Å²) in [5.41, 5.74) is 6.97. The number of benzene rings is 1. The first-order valence-electron chi connectivity index (χ1n) is 7.06. The van der Waals surface area contributed by atoms with Crippen LogP contribution < -0.4 is 10.5 Å². The molecule has 4 nitrogen and oxygen atoms in total. The first kappa shape index (κ1) is 15.2. The molecule has 1 aromatic rings. The molecule has 0 spiro atoms. The van der Waals surface area contributed by atoms with Gasteiger partial charge in [-0.15, -0.1) is 0 Å². The van der Waals surface area contributed by atoms with Crippen LogP contribution in [0.2, 0.25) is 0 Å². The lowest BCUT2D eigenvalue weighted by Crippen LogP contribution is -2.28. The van der Waals surface area contributed by atoms with Gasteiger partial charge >= 0.3 is 0 Å². The fraction of sp³-hybridized carbons (Fsp3) is 0.600. The molecular formula is C15H23NO3S. The van der Waals surface area contributed by atoms with Gasteiger partial charge in [-0.1, -0.05) is 19.8 Å². The van der Waals surface area contributed by atoms with Gasteiger partial charge in [0, 0.05) is 11.3 Å². The number of anilines is 1. The van der Waals surface area contributed by atoms with Crippen LogP contribution >= 0.6 is 0 Å². The molecule has 20 heavy (non-hydrogen) atoms. The maximum absolute atomic E-state index is 12.6. The Morgan fingerprint density at radius 3 is 2.75 bits per heavy atom. The fourth-order valence-corrected chi connectivity index (χ4v) is 4.99. The number of hydrogen-bond acceptors (Lipinski definition) is 4. The first-order valence-corrected chi connectivity index (χ1v) is 8.78. The van der Waals surface area contributed by atoms with E-state index < -0.39 is 9.84 Å². The van der Waals surface area contributed by atoms with Crippen molar-refractivity contribution in [1.82, 2.24) is 0 Å². The van der Waals surface area contributed by atoms with Crippen molar-refractivity contribution in [2.24, 2.45) is 5.92 Å². The van der Waals surface area contributed by atoms with Gasteiger partial charge in [-0.05, 0) is 37.0 Å². The van der Waals surface area contributed by atoms with Crippen molar-refractivity contribution in [3.8, 4) is 5.75 Å². The highest BCUT2D eigenvalue weighted by molar-refractivity contribution is 7.91. The SMILES string of the molecule is COc1ccc(N)cc1CS(=O)(=O)C1CCCC(C)C1. The summed E-state index contributed by atoms with van der Waals surface area (Å²) in [6, 6.07) is 5.14.